The highest BCUT2D eigenvalue weighted by atomic mass is 35.5. The number of nitrogens with one attached hydrogen (secondary N) is 1. The number of sulfonamides is 1. The van der Waals surface area contributed by atoms with Gasteiger partial charge in [0.2, 0.25) is 10.0 Å². The highest BCUT2D eigenvalue weighted by Gasteiger charge is 2.14. The first-order valence-electron chi connectivity index (χ1n) is 7.14. The Morgan fingerprint density at radius 2 is 1.79 bits per heavy atom. The Morgan fingerprint density at radius 1 is 1.12 bits per heavy atom. The van der Waals surface area contributed by atoms with Crippen LogP contribution in [0.2, 0.25) is 5.02 Å². The van der Waals surface area contributed by atoms with Crippen LogP contribution in [0.5, 0.6) is 0 Å². The number of nitrogens with zero attached hydrogens (tertiary/aromatic N) is 1. The van der Waals surface area contributed by atoms with Crippen molar-refractivity contribution < 1.29 is 13.2 Å². The van der Waals surface area contributed by atoms with Gasteiger partial charge in [-0.25, -0.2) is 13.1 Å². The topological polar surface area (TPSA) is 68.2 Å². The molecule has 5 nitrogen and oxygen atoms in total. The summed E-state index contributed by atoms with van der Waals surface area (Å²) in [6.45, 7) is 1.94. The van der Waals surface area contributed by atoms with Gasteiger partial charge in [-0.2, -0.15) is 0 Å². The van der Waals surface area contributed by atoms with Gasteiger partial charge in [-0.15, -0.1) is 0 Å². The Balaban J connectivity index is 2.08. The predicted molar refractivity (Wildman–Crippen MR) is 95.3 cm³/mol. The summed E-state index contributed by atoms with van der Waals surface area (Å²) in [5, 5.41) is 1.54. The van der Waals surface area contributed by atoms with Crippen LogP contribution >= 0.6 is 11.6 Å². The zero-order valence-corrected chi connectivity index (χ0v) is 14.6. The summed E-state index contributed by atoms with van der Waals surface area (Å²) in [6.07, 6.45) is 2.91. The molecule has 7 heteroatoms. The van der Waals surface area contributed by atoms with Crippen molar-refractivity contribution in [2.45, 2.75) is 6.92 Å². The fourth-order valence-corrected chi connectivity index (χ4v) is 3.16. The lowest BCUT2D eigenvalue weighted by molar-refractivity contribution is 0.0982. The van der Waals surface area contributed by atoms with Gasteiger partial charge in [0.15, 0.2) is 0 Å². The van der Waals surface area contributed by atoms with E-state index in [1.165, 1.54) is 0 Å². The van der Waals surface area contributed by atoms with E-state index in [0.29, 0.717) is 10.6 Å². The van der Waals surface area contributed by atoms with Crippen LogP contribution in [0.4, 0.5) is 0 Å². The Kier molecular flexibility index (Phi) is 4.11. The van der Waals surface area contributed by atoms with E-state index in [1.54, 1.807) is 18.2 Å². The van der Waals surface area contributed by atoms with Gasteiger partial charge >= 0.3 is 0 Å². The molecule has 0 bridgehead atoms. The van der Waals surface area contributed by atoms with E-state index in [9.17, 15) is 13.2 Å². The summed E-state index contributed by atoms with van der Waals surface area (Å²) in [5.74, 6) is -0.641. The van der Waals surface area contributed by atoms with E-state index in [-0.39, 0.29) is 0 Å². The molecule has 0 fully saturated rings. The average molecular weight is 363 g/mol. The Hall–Kier alpha value is -2.31. The minimum atomic E-state index is -3.59. The molecule has 124 valence electrons. The SMILES string of the molecule is Cc1cn(-c2ccc(Cl)cc2)c2ccc(C(=O)NS(C)(=O)=O)cc12. The first kappa shape index (κ1) is 16.5. The first-order valence-corrected chi connectivity index (χ1v) is 9.41. The Morgan fingerprint density at radius 3 is 2.42 bits per heavy atom. The summed E-state index contributed by atoms with van der Waals surface area (Å²) in [4.78, 5) is 12.0. The maximum Gasteiger partial charge on any atom is 0.264 e. The van der Waals surface area contributed by atoms with E-state index >= 15 is 0 Å². The second-order valence-corrected chi connectivity index (χ2v) is 7.78. The smallest absolute Gasteiger partial charge is 0.264 e. The molecule has 0 atom stereocenters. The Labute approximate surface area is 144 Å². The molecule has 0 aliphatic rings. The molecule has 1 heterocycles. The summed E-state index contributed by atoms with van der Waals surface area (Å²) >= 11 is 5.93. The number of hydrogen-bond acceptors (Lipinski definition) is 3. The van der Waals surface area contributed by atoms with Crippen molar-refractivity contribution >= 4 is 38.4 Å². The van der Waals surface area contributed by atoms with Crippen molar-refractivity contribution in [2.24, 2.45) is 0 Å². The number of fused-ring (bicyclic) bond motifs is 1. The van der Waals surface area contributed by atoms with Crippen LogP contribution in [0, 0.1) is 6.92 Å². The fourth-order valence-electron chi connectivity index (χ4n) is 2.58. The molecule has 0 radical (unpaired) electrons. The first-order chi connectivity index (χ1) is 11.2. The molecule has 3 aromatic rings. The fraction of sp³-hybridized carbons (Fsp3) is 0.118. The lowest BCUT2D eigenvalue weighted by atomic mass is 10.1. The molecule has 0 spiro atoms. The second-order valence-electron chi connectivity index (χ2n) is 5.59. The summed E-state index contributed by atoms with van der Waals surface area (Å²) < 4.78 is 26.4. The van der Waals surface area contributed by atoms with Gasteiger partial charge in [0, 0.05) is 27.9 Å². The number of carbonyl (C=O) groups excluding carboxylic acids is 1. The normalized spacial score (nSPS) is 11.6. The molecular weight excluding hydrogens is 348 g/mol. The number of halogens is 1. The molecule has 0 aliphatic heterocycles. The van der Waals surface area contributed by atoms with Crippen molar-refractivity contribution in [3.63, 3.8) is 0 Å². The van der Waals surface area contributed by atoms with Crippen molar-refractivity contribution in [1.29, 1.82) is 0 Å². The van der Waals surface area contributed by atoms with Crippen molar-refractivity contribution in [3.05, 3.63) is 64.8 Å². The second kappa shape index (κ2) is 5.96. The molecule has 1 N–H and O–H groups in total. The minimum absolute atomic E-state index is 0.296. The number of amides is 1. The molecule has 0 aliphatic carbocycles. The average Bonchev–Trinajstić information content (AvgIpc) is 2.83. The number of carbonyl (C=O) groups is 1. The molecular formula is C17H15ClN2O3S. The van der Waals surface area contributed by atoms with Crippen molar-refractivity contribution in [1.82, 2.24) is 9.29 Å². The zero-order chi connectivity index (χ0) is 17.5. The number of aryl methyl sites for hydroxylation is 1. The van der Waals surface area contributed by atoms with Crippen LogP contribution in [-0.2, 0) is 10.0 Å². The van der Waals surface area contributed by atoms with Gasteiger partial charge in [-0.1, -0.05) is 11.6 Å². The van der Waals surface area contributed by atoms with Gasteiger partial charge in [0.25, 0.3) is 5.91 Å². The molecule has 2 aromatic carbocycles. The summed E-state index contributed by atoms with van der Waals surface area (Å²) in [6, 6.07) is 12.5. The number of rotatable bonds is 3. The molecule has 0 unspecified atom stereocenters. The monoisotopic (exact) mass is 362 g/mol. The van der Waals surface area contributed by atoms with Crippen LogP contribution in [0.3, 0.4) is 0 Å². The van der Waals surface area contributed by atoms with Gasteiger partial charge in [0.05, 0.1) is 11.8 Å². The third-order valence-electron chi connectivity index (χ3n) is 3.65. The molecule has 1 amide bonds. The van der Waals surface area contributed by atoms with Crippen LogP contribution < -0.4 is 4.72 Å². The number of benzene rings is 2. The van der Waals surface area contributed by atoms with Crippen LogP contribution in [0.15, 0.2) is 48.7 Å². The lowest BCUT2D eigenvalue weighted by Crippen LogP contribution is -2.29. The highest BCUT2D eigenvalue weighted by molar-refractivity contribution is 7.89. The zero-order valence-electron chi connectivity index (χ0n) is 13.1. The van der Waals surface area contributed by atoms with Gasteiger partial charge < -0.3 is 4.57 Å². The molecule has 3 rings (SSSR count). The summed E-state index contributed by atoms with van der Waals surface area (Å²) in [5.41, 5.74) is 3.15. The standard InChI is InChI=1S/C17H15ClN2O3S/c1-11-10-20(14-6-4-13(18)5-7-14)16-8-3-12(9-15(11)16)17(21)19-24(2,22)23/h3-10H,1-2H3,(H,19,21). The Bertz CT molecular complexity index is 1040. The quantitative estimate of drug-likeness (QED) is 0.777. The third kappa shape index (κ3) is 3.29. The van der Waals surface area contributed by atoms with Crippen LogP contribution in [0.25, 0.3) is 16.6 Å². The van der Waals surface area contributed by atoms with E-state index < -0.39 is 15.9 Å². The van der Waals surface area contributed by atoms with Gasteiger partial charge in [-0.05, 0) is 55.0 Å². The molecule has 0 saturated heterocycles. The maximum atomic E-state index is 12.0. The summed E-state index contributed by atoms with van der Waals surface area (Å²) in [7, 11) is -3.59. The van der Waals surface area contributed by atoms with Crippen molar-refractivity contribution in [2.75, 3.05) is 6.26 Å². The molecule has 24 heavy (non-hydrogen) atoms. The van der Waals surface area contributed by atoms with Gasteiger partial charge in [0.1, 0.15) is 0 Å². The largest absolute Gasteiger partial charge is 0.316 e. The third-order valence-corrected chi connectivity index (χ3v) is 4.46. The predicted octanol–water partition coefficient (Wildman–Crippen LogP) is 3.28. The maximum absolute atomic E-state index is 12.0. The van der Waals surface area contributed by atoms with E-state index in [4.69, 9.17) is 11.6 Å². The number of hydrogen-bond donors (Lipinski definition) is 1. The van der Waals surface area contributed by atoms with Gasteiger partial charge in [-0.3, -0.25) is 4.79 Å². The van der Waals surface area contributed by atoms with E-state index in [1.807, 2.05) is 46.7 Å². The van der Waals surface area contributed by atoms with E-state index in [2.05, 4.69) is 0 Å². The van der Waals surface area contributed by atoms with Crippen LogP contribution in [0.1, 0.15) is 15.9 Å². The van der Waals surface area contributed by atoms with Crippen LogP contribution in [-0.4, -0.2) is 25.1 Å². The van der Waals surface area contributed by atoms with E-state index in [0.717, 1.165) is 28.4 Å². The molecule has 0 saturated carbocycles. The highest BCUT2D eigenvalue weighted by Crippen LogP contribution is 2.26. The number of aromatic nitrogens is 1. The lowest BCUT2D eigenvalue weighted by Gasteiger charge is -2.07. The molecule has 1 aromatic heterocycles. The minimum Gasteiger partial charge on any atom is -0.316 e. The van der Waals surface area contributed by atoms with Crippen molar-refractivity contribution in [3.8, 4) is 5.69 Å².